The molecule has 29 heavy (non-hydrogen) atoms. The Morgan fingerprint density at radius 2 is 1.62 bits per heavy atom. The summed E-state index contributed by atoms with van der Waals surface area (Å²) in [5.41, 5.74) is -3.70. The fourth-order valence-corrected chi connectivity index (χ4v) is 4.01. The molecule has 0 unspecified atom stereocenters. The molecule has 3 aromatic rings. The molecule has 0 aliphatic carbocycles. The maximum Gasteiger partial charge on any atom is 0.399 e. The van der Waals surface area contributed by atoms with E-state index in [4.69, 9.17) is 14.9 Å². The zero-order valence-corrected chi connectivity index (χ0v) is 17.1. The first-order valence-electron chi connectivity index (χ1n) is 8.18. The average molecular weight is 483 g/mol. The Labute approximate surface area is 172 Å². The van der Waals surface area contributed by atoms with Crippen molar-refractivity contribution in [3.63, 3.8) is 0 Å². The summed E-state index contributed by atoms with van der Waals surface area (Å²) in [6, 6.07) is 13.7. The normalized spacial score (nSPS) is 12.6. The molecular weight excluding hydrogens is 469 g/mol. The lowest BCUT2D eigenvalue weighted by Gasteiger charge is -2.20. The second kappa shape index (κ2) is 7.80. The van der Waals surface area contributed by atoms with E-state index < -0.39 is 24.8 Å². The molecule has 0 aliphatic heterocycles. The highest BCUT2D eigenvalue weighted by atomic mass is 79.9. The topological polar surface area (TPSA) is 94.8 Å². The van der Waals surface area contributed by atoms with Gasteiger partial charge in [0.25, 0.3) is 0 Å². The first-order chi connectivity index (χ1) is 13.5. The van der Waals surface area contributed by atoms with Crippen LogP contribution in [0.1, 0.15) is 27.0 Å². The first-order valence-corrected chi connectivity index (χ1v) is 10.6. The van der Waals surface area contributed by atoms with Crippen molar-refractivity contribution >= 4 is 52.4 Å². The van der Waals surface area contributed by atoms with E-state index in [0.29, 0.717) is 21.9 Å². The van der Waals surface area contributed by atoms with Crippen LogP contribution in [0, 0.1) is 0 Å². The first kappa shape index (κ1) is 21.3. The molecule has 0 fully saturated rings. The number of halogens is 3. The molecule has 150 valence electrons. The van der Waals surface area contributed by atoms with Crippen LogP contribution in [-0.4, -0.2) is 20.9 Å². The molecule has 0 radical (unpaired) electrons. The smallest absolute Gasteiger partial charge is 0.399 e. The summed E-state index contributed by atoms with van der Waals surface area (Å²) < 4.78 is 39.4. The highest BCUT2D eigenvalue weighted by Crippen LogP contribution is 2.60. The zero-order valence-electron chi connectivity index (χ0n) is 14.6. The predicted molar refractivity (Wildman–Crippen MR) is 110 cm³/mol. The van der Waals surface area contributed by atoms with Crippen LogP contribution in [0.4, 0.5) is 8.78 Å². The van der Waals surface area contributed by atoms with Gasteiger partial charge < -0.3 is 14.9 Å². The van der Waals surface area contributed by atoms with Crippen LogP contribution in [0.15, 0.2) is 59.1 Å². The molecule has 3 aromatic carbocycles. The van der Waals surface area contributed by atoms with E-state index in [1.807, 2.05) is 0 Å². The highest BCUT2D eigenvalue weighted by Gasteiger charge is 2.51. The number of carbonyl (C=O) groups is 1. The van der Waals surface area contributed by atoms with Gasteiger partial charge >= 0.3 is 19.2 Å². The van der Waals surface area contributed by atoms with Gasteiger partial charge in [-0.15, -0.1) is 0 Å². The van der Waals surface area contributed by atoms with E-state index in [1.165, 1.54) is 18.2 Å². The number of hydrogen-bond donors (Lipinski definition) is 3. The molecule has 5 nitrogen and oxygen atoms in total. The lowest BCUT2D eigenvalue weighted by Crippen LogP contribution is -2.14. The van der Waals surface area contributed by atoms with Crippen LogP contribution in [0.25, 0.3) is 22.9 Å². The van der Waals surface area contributed by atoms with E-state index in [1.54, 1.807) is 42.5 Å². The fourth-order valence-electron chi connectivity index (χ4n) is 2.75. The molecule has 9 heteroatoms. The second-order valence-electron chi connectivity index (χ2n) is 6.29. The number of carboxylic acids is 1. The Hall–Kier alpha value is -2.38. The minimum absolute atomic E-state index is 0.105. The van der Waals surface area contributed by atoms with Crippen LogP contribution in [0.5, 0.6) is 0 Å². The van der Waals surface area contributed by atoms with Crippen molar-refractivity contribution < 1.29 is 33.0 Å². The maximum atomic E-state index is 14.2. The summed E-state index contributed by atoms with van der Waals surface area (Å²) in [6.45, 7) is 0. The van der Waals surface area contributed by atoms with E-state index in [2.05, 4.69) is 15.9 Å². The quantitative estimate of drug-likeness (QED) is 0.320. The van der Waals surface area contributed by atoms with Crippen molar-refractivity contribution in [2.24, 2.45) is 0 Å². The number of rotatable bonds is 5. The Kier molecular flexibility index (Phi) is 5.74. The summed E-state index contributed by atoms with van der Waals surface area (Å²) >= 11 is 2.96. The van der Waals surface area contributed by atoms with Gasteiger partial charge in [0.15, 0.2) is 0 Å². The molecule has 0 spiro atoms. The minimum atomic E-state index is -5.70. The summed E-state index contributed by atoms with van der Waals surface area (Å²) in [4.78, 5) is 29.1. The molecule has 0 amide bonds. The highest BCUT2D eigenvalue weighted by molar-refractivity contribution is 9.10. The van der Waals surface area contributed by atoms with E-state index in [-0.39, 0.29) is 10.0 Å². The van der Waals surface area contributed by atoms with Gasteiger partial charge in [-0.1, -0.05) is 52.3 Å². The van der Waals surface area contributed by atoms with Crippen molar-refractivity contribution in [2.45, 2.75) is 5.66 Å². The number of benzene rings is 3. The molecular formula is C20H14BrF2O5P. The standard InChI is InChI=1S/C20H14BrF2O5P/c21-18-11-14-7-6-13(5-4-12-2-1-3-15(8-12)19(24)25)9-16(14)10-17(18)20(22,23)29(26,27)28/h1-11H,(H,24,25)(H2,26,27,28). The minimum Gasteiger partial charge on any atom is -0.478 e. The van der Waals surface area contributed by atoms with Gasteiger partial charge in [-0.05, 0) is 52.2 Å². The van der Waals surface area contributed by atoms with Crippen molar-refractivity contribution in [3.8, 4) is 0 Å². The van der Waals surface area contributed by atoms with Crippen molar-refractivity contribution in [1.29, 1.82) is 0 Å². The Morgan fingerprint density at radius 3 is 2.24 bits per heavy atom. The molecule has 0 saturated heterocycles. The zero-order chi connectivity index (χ0) is 21.4. The van der Waals surface area contributed by atoms with Gasteiger partial charge in [0.05, 0.1) is 5.56 Å². The van der Waals surface area contributed by atoms with Crippen LogP contribution in [-0.2, 0) is 10.2 Å². The molecule has 3 N–H and O–H groups in total. The molecule has 3 rings (SSSR count). The van der Waals surface area contributed by atoms with Gasteiger partial charge in [0.2, 0.25) is 0 Å². The summed E-state index contributed by atoms with van der Waals surface area (Å²) in [5, 5.41) is 10.0. The molecule has 0 bridgehead atoms. The monoisotopic (exact) mass is 482 g/mol. The molecule has 0 saturated carbocycles. The summed E-state index contributed by atoms with van der Waals surface area (Å²) in [6.07, 6.45) is 3.36. The molecule has 0 heterocycles. The third-order valence-electron chi connectivity index (χ3n) is 4.24. The van der Waals surface area contributed by atoms with Gasteiger partial charge in [0, 0.05) is 10.0 Å². The van der Waals surface area contributed by atoms with Gasteiger partial charge in [-0.3, -0.25) is 4.57 Å². The van der Waals surface area contributed by atoms with Gasteiger partial charge in [0.1, 0.15) is 0 Å². The van der Waals surface area contributed by atoms with Crippen molar-refractivity contribution in [2.75, 3.05) is 0 Å². The van der Waals surface area contributed by atoms with E-state index in [9.17, 15) is 18.1 Å². The maximum absolute atomic E-state index is 14.2. The summed E-state index contributed by atoms with van der Waals surface area (Å²) in [5.74, 6) is -1.05. The van der Waals surface area contributed by atoms with Crippen LogP contribution >= 0.6 is 23.5 Å². The Morgan fingerprint density at radius 1 is 0.966 bits per heavy atom. The Bertz CT molecular complexity index is 1190. The fraction of sp³-hybridized carbons (Fsp3) is 0.0500. The van der Waals surface area contributed by atoms with Crippen LogP contribution in [0.2, 0.25) is 0 Å². The average Bonchev–Trinajstić information content (AvgIpc) is 2.65. The molecule has 0 aliphatic rings. The van der Waals surface area contributed by atoms with Gasteiger partial charge in [-0.25, -0.2) is 4.79 Å². The number of carboxylic acid groups (broad SMARTS) is 1. The third-order valence-corrected chi connectivity index (χ3v) is 5.87. The van der Waals surface area contributed by atoms with Crippen LogP contribution < -0.4 is 0 Å². The lowest BCUT2D eigenvalue weighted by atomic mass is 10.0. The van der Waals surface area contributed by atoms with E-state index >= 15 is 0 Å². The number of aromatic carboxylic acids is 1. The number of hydrogen-bond acceptors (Lipinski definition) is 2. The third kappa shape index (κ3) is 4.46. The molecule has 0 atom stereocenters. The van der Waals surface area contributed by atoms with Crippen molar-refractivity contribution in [1.82, 2.24) is 0 Å². The SMILES string of the molecule is O=C(O)c1cccc(C=Cc2ccc3cc(Br)c(C(F)(F)P(=O)(O)O)cc3c2)c1. The Balaban J connectivity index is 2.01. The van der Waals surface area contributed by atoms with E-state index in [0.717, 1.165) is 6.07 Å². The molecule has 0 aromatic heterocycles. The second-order valence-corrected chi connectivity index (χ2v) is 8.79. The summed E-state index contributed by atoms with van der Waals surface area (Å²) in [7, 11) is -5.70. The largest absolute Gasteiger partial charge is 0.478 e. The lowest BCUT2D eigenvalue weighted by molar-refractivity contribution is 0.0558. The predicted octanol–water partition coefficient (Wildman–Crippen LogP) is 5.70. The number of alkyl halides is 2. The van der Waals surface area contributed by atoms with Crippen LogP contribution in [0.3, 0.4) is 0 Å². The van der Waals surface area contributed by atoms with Crippen molar-refractivity contribution in [3.05, 3.63) is 81.3 Å². The van der Waals surface area contributed by atoms with Gasteiger partial charge in [-0.2, -0.15) is 8.78 Å². The number of fused-ring (bicyclic) bond motifs is 1.